The maximum atomic E-state index is 10.3. The monoisotopic (exact) mass is 238 g/mol. The molecular weight excluding hydrogens is 220 g/mol. The molecule has 0 aliphatic heterocycles. The van der Waals surface area contributed by atoms with E-state index in [1.807, 2.05) is 37.3 Å². The van der Waals surface area contributed by atoms with Gasteiger partial charge in [-0.15, -0.1) is 0 Å². The maximum Gasteiger partial charge on any atom is 0.505 e. The highest BCUT2D eigenvalue weighted by Crippen LogP contribution is 2.27. The van der Waals surface area contributed by atoms with Gasteiger partial charge in [0.25, 0.3) is 0 Å². The van der Waals surface area contributed by atoms with E-state index in [0.29, 0.717) is 13.0 Å². The van der Waals surface area contributed by atoms with E-state index in [0.717, 1.165) is 5.56 Å². The molecule has 0 heterocycles. The van der Waals surface area contributed by atoms with Crippen LogP contribution in [-0.2, 0) is 14.9 Å². The Morgan fingerprint density at radius 2 is 2.00 bits per heavy atom. The van der Waals surface area contributed by atoms with Gasteiger partial charge in [-0.25, -0.2) is 4.79 Å². The van der Waals surface area contributed by atoms with E-state index >= 15 is 0 Å². The van der Waals surface area contributed by atoms with Gasteiger partial charge in [-0.3, -0.25) is 0 Å². The Bertz CT molecular complexity index is 350. The minimum absolute atomic E-state index is 0.171. The minimum Gasteiger partial charge on any atom is -0.450 e. The van der Waals surface area contributed by atoms with Crippen LogP contribution < -0.4 is 0 Å². The van der Waals surface area contributed by atoms with E-state index in [-0.39, 0.29) is 12.0 Å². The first-order valence-electron chi connectivity index (χ1n) is 5.49. The van der Waals surface area contributed by atoms with E-state index < -0.39 is 6.16 Å². The van der Waals surface area contributed by atoms with Crippen molar-refractivity contribution in [2.45, 2.75) is 18.8 Å². The number of carbonyl (C=O) groups is 1. The highest BCUT2D eigenvalue weighted by atomic mass is 16.7. The smallest absolute Gasteiger partial charge is 0.450 e. The quantitative estimate of drug-likeness (QED) is 0.774. The third kappa shape index (κ3) is 4.07. The lowest BCUT2D eigenvalue weighted by atomic mass is 9.80. The summed E-state index contributed by atoms with van der Waals surface area (Å²) in [4.78, 5) is 10.3. The Hall–Kier alpha value is -1.55. The summed E-state index contributed by atoms with van der Waals surface area (Å²) in [5.41, 5.74) is 0.890. The third-order valence-electron chi connectivity index (χ3n) is 2.81. The Morgan fingerprint density at radius 1 is 1.35 bits per heavy atom. The summed E-state index contributed by atoms with van der Waals surface area (Å²) in [6.07, 6.45) is -0.644. The molecule has 1 N–H and O–H groups in total. The van der Waals surface area contributed by atoms with Gasteiger partial charge in [0.15, 0.2) is 0 Å². The molecule has 0 bridgehead atoms. The predicted octanol–water partition coefficient (Wildman–Crippen LogP) is 2.68. The third-order valence-corrected chi connectivity index (χ3v) is 2.81. The fourth-order valence-corrected chi connectivity index (χ4v) is 1.82. The molecule has 1 rings (SSSR count). The normalized spacial score (nSPS) is 14.0. The zero-order chi connectivity index (χ0) is 12.7. The first-order valence-corrected chi connectivity index (χ1v) is 5.49. The van der Waals surface area contributed by atoms with Gasteiger partial charge in [0, 0.05) is 12.5 Å². The van der Waals surface area contributed by atoms with Crippen LogP contribution in [0.2, 0.25) is 0 Å². The molecule has 17 heavy (non-hydrogen) atoms. The van der Waals surface area contributed by atoms with Crippen LogP contribution in [0.15, 0.2) is 30.3 Å². The molecule has 0 saturated carbocycles. The predicted molar refractivity (Wildman–Crippen MR) is 64.3 cm³/mol. The van der Waals surface area contributed by atoms with E-state index in [2.05, 4.69) is 4.74 Å². The minimum atomic E-state index is -1.24. The molecule has 0 radical (unpaired) electrons. The lowest BCUT2D eigenvalue weighted by Gasteiger charge is -2.29. The van der Waals surface area contributed by atoms with Crippen molar-refractivity contribution in [2.24, 2.45) is 0 Å². The molecule has 1 aromatic rings. The molecule has 0 aromatic heterocycles. The molecule has 1 unspecified atom stereocenters. The number of rotatable bonds is 6. The molecule has 0 saturated heterocycles. The summed E-state index contributed by atoms with van der Waals surface area (Å²) in [5.74, 6) is 0. The lowest BCUT2D eigenvalue weighted by molar-refractivity contribution is 0.0716. The lowest BCUT2D eigenvalue weighted by Crippen LogP contribution is -2.29. The van der Waals surface area contributed by atoms with Crippen molar-refractivity contribution in [3.63, 3.8) is 0 Å². The van der Waals surface area contributed by atoms with Crippen molar-refractivity contribution in [3.8, 4) is 0 Å². The molecular formula is C13H18O4. The molecule has 0 aliphatic carbocycles. The summed E-state index contributed by atoms with van der Waals surface area (Å²) >= 11 is 0. The molecule has 4 heteroatoms. The number of ether oxygens (including phenoxy) is 2. The van der Waals surface area contributed by atoms with Crippen LogP contribution in [0.1, 0.15) is 18.9 Å². The van der Waals surface area contributed by atoms with Gasteiger partial charge in [0.05, 0.1) is 13.2 Å². The van der Waals surface area contributed by atoms with Crippen LogP contribution in [0.5, 0.6) is 0 Å². The van der Waals surface area contributed by atoms with Gasteiger partial charge in [-0.1, -0.05) is 37.3 Å². The number of hydrogen-bond acceptors (Lipinski definition) is 3. The van der Waals surface area contributed by atoms with Gasteiger partial charge in [0.2, 0.25) is 0 Å². The van der Waals surface area contributed by atoms with Crippen molar-refractivity contribution in [1.29, 1.82) is 0 Å². The second-order valence-electron chi connectivity index (χ2n) is 4.22. The van der Waals surface area contributed by atoms with Crippen molar-refractivity contribution in [3.05, 3.63) is 35.9 Å². The van der Waals surface area contributed by atoms with Crippen LogP contribution in [0, 0.1) is 0 Å². The number of hydrogen-bond donors (Lipinski definition) is 1. The topological polar surface area (TPSA) is 55.8 Å². The van der Waals surface area contributed by atoms with Crippen molar-refractivity contribution >= 4 is 6.16 Å². The zero-order valence-corrected chi connectivity index (χ0v) is 10.2. The standard InChI is InChI=1S/C13H18O4/c1-13(10-16-2,8-9-17-12(14)15)11-6-4-3-5-7-11/h3-7H,8-10H2,1-2H3,(H,14,15). The highest BCUT2D eigenvalue weighted by Gasteiger charge is 2.26. The van der Waals surface area contributed by atoms with Gasteiger partial charge >= 0.3 is 6.16 Å². The highest BCUT2D eigenvalue weighted by molar-refractivity contribution is 5.56. The fourth-order valence-electron chi connectivity index (χ4n) is 1.82. The molecule has 0 amide bonds. The summed E-state index contributed by atoms with van der Waals surface area (Å²) in [6.45, 7) is 2.74. The first kappa shape index (κ1) is 13.5. The van der Waals surface area contributed by atoms with Crippen molar-refractivity contribution < 1.29 is 19.4 Å². The molecule has 0 aliphatic rings. The fraction of sp³-hybridized carbons (Fsp3) is 0.462. The molecule has 0 spiro atoms. The summed E-state index contributed by atoms with van der Waals surface area (Å²) in [7, 11) is 1.64. The number of carboxylic acid groups (broad SMARTS) is 1. The summed E-state index contributed by atoms with van der Waals surface area (Å²) < 4.78 is 9.78. The van der Waals surface area contributed by atoms with Crippen LogP contribution >= 0.6 is 0 Å². The second-order valence-corrected chi connectivity index (χ2v) is 4.22. The Kier molecular flexibility index (Phi) is 4.97. The van der Waals surface area contributed by atoms with E-state index in [9.17, 15) is 4.79 Å². The second kappa shape index (κ2) is 6.25. The average Bonchev–Trinajstić information content (AvgIpc) is 2.30. The van der Waals surface area contributed by atoms with Gasteiger partial charge in [0.1, 0.15) is 0 Å². The SMILES string of the molecule is COCC(C)(CCOC(=O)O)c1ccccc1. The van der Waals surface area contributed by atoms with Gasteiger partial charge < -0.3 is 14.6 Å². The zero-order valence-electron chi connectivity index (χ0n) is 10.2. The van der Waals surface area contributed by atoms with E-state index in [4.69, 9.17) is 9.84 Å². The molecule has 1 atom stereocenters. The van der Waals surface area contributed by atoms with Gasteiger partial charge in [-0.05, 0) is 12.0 Å². The van der Waals surface area contributed by atoms with Crippen LogP contribution in [-0.4, -0.2) is 31.6 Å². The van der Waals surface area contributed by atoms with Crippen LogP contribution in [0.3, 0.4) is 0 Å². The number of methoxy groups -OCH3 is 1. The van der Waals surface area contributed by atoms with E-state index in [1.54, 1.807) is 7.11 Å². The van der Waals surface area contributed by atoms with Crippen LogP contribution in [0.4, 0.5) is 4.79 Å². The maximum absolute atomic E-state index is 10.3. The molecule has 4 nitrogen and oxygen atoms in total. The first-order chi connectivity index (χ1) is 8.08. The van der Waals surface area contributed by atoms with Crippen molar-refractivity contribution in [2.75, 3.05) is 20.3 Å². The van der Waals surface area contributed by atoms with Crippen molar-refractivity contribution in [1.82, 2.24) is 0 Å². The molecule has 0 fully saturated rings. The number of benzene rings is 1. The van der Waals surface area contributed by atoms with Gasteiger partial charge in [-0.2, -0.15) is 0 Å². The molecule has 1 aromatic carbocycles. The average molecular weight is 238 g/mol. The Balaban J connectivity index is 2.71. The molecule has 94 valence electrons. The Labute approximate surface area is 101 Å². The summed E-state index contributed by atoms with van der Waals surface area (Å²) in [5, 5.41) is 8.46. The Morgan fingerprint density at radius 3 is 2.53 bits per heavy atom. The van der Waals surface area contributed by atoms with Crippen LogP contribution in [0.25, 0.3) is 0 Å². The summed E-state index contributed by atoms with van der Waals surface area (Å²) in [6, 6.07) is 9.90. The van der Waals surface area contributed by atoms with E-state index in [1.165, 1.54) is 0 Å². The largest absolute Gasteiger partial charge is 0.505 e.